The highest BCUT2D eigenvalue weighted by Gasteiger charge is 2.29. The molecule has 0 spiro atoms. The maximum atomic E-state index is 12.7. The summed E-state index contributed by atoms with van der Waals surface area (Å²) in [5.74, 6) is 2.09. The van der Waals surface area contributed by atoms with Crippen molar-refractivity contribution >= 4 is 5.91 Å². The van der Waals surface area contributed by atoms with E-state index in [9.17, 15) is 4.79 Å². The first kappa shape index (κ1) is 17.7. The van der Waals surface area contributed by atoms with Crippen LogP contribution in [0.4, 0.5) is 0 Å². The van der Waals surface area contributed by atoms with E-state index >= 15 is 0 Å². The van der Waals surface area contributed by atoms with Crippen molar-refractivity contribution < 1.29 is 18.8 Å². The molecule has 1 N–H and O–H groups in total. The molecule has 0 radical (unpaired) electrons. The lowest BCUT2D eigenvalue weighted by molar-refractivity contribution is -0.126. The minimum atomic E-state index is -0.217. The lowest BCUT2D eigenvalue weighted by Gasteiger charge is -2.32. The fraction of sp³-hybridized carbons (Fsp3) is 0.286. The number of carbonyl (C=O) groups excluding carboxylic acids is 1. The van der Waals surface area contributed by atoms with Crippen molar-refractivity contribution in [2.75, 3.05) is 13.8 Å². The van der Waals surface area contributed by atoms with E-state index in [-0.39, 0.29) is 25.3 Å². The van der Waals surface area contributed by atoms with Gasteiger partial charge in [-0.2, -0.15) is 4.98 Å². The Morgan fingerprint density at radius 2 is 2.00 bits per heavy atom. The predicted molar refractivity (Wildman–Crippen MR) is 103 cm³/mol. The molecule has 0 saturated carbocycles. The van der Waals surface area contributed by atoms with Crippen molar-refractivity contribution in [2.45, 2.75) is 25.6 Å². The number of likely N-dealkylation sites (N-methyl/N-ethyl adjacent to an activating group) is 1. The van der Waals surface area contributed by atoms with E-state index in [1.807, 2.05) is 25.2 Å². The Hall–Kier alpha value is -3.39. The van der Waals surface area contributed by atoms with Crippen molar-refractivity contribution in [3.63, 3.8) is 0 Å². The minimum Gasteiger partial charge on any atom is -0.454 e. The molecule has 3 heterocycles. The number of hydrogen-bond donors (Lipinski definition) is 1. The minimum absolute atomic E-state index is 0.0450. The summed E-state index contributed by atoms with van der Waals surface area (Å²) in [6.07, 6.45) is 0.688. The summed E-state index contributed by atoms with van der Waals surface area (Å²) in [5.41, 5.74) is 3.23. The summed E-state index contributed by atoms with van der Waals surface area (Å²) in [6, 6.07) is 13.4. The molecule has 3 aromatic rings. The highest BCUT2D eigenvalue weighted by Crippen LogP contribution is 2.35. The molecule has 0 fully saturated rings. The topological polar surface area (TPSA) is 89.7 Å². The Bertz CT molecular complexity index is 1060. The number of carbonyl (C=O) groups is 1. The molecule has 8 heteroatoms. The van der Waals surface area contributed by atoms with E-state index in [0.717, 1.165) is 12.1 Å². The van der Waals surface area contributed by atoms with Crippen LogP contribution in [0.2, 0.25) is 0 Å². The van der Waals surface area contributed by atoms with Gasteiger partial charge in [-0.05, 0) is 42.8 Å². The molecule has 29 heavy (non-hydrogen) atoms. The Labute approximate surface area is 167 Å². The third-order valence-electron chi connectivity index (χ3n) is 5.29. The van der Waals surface area contributed by atoms with Crippen molar-refractivity contribution in [3.8, 4) is 23.0 Å². The van der Waals surface area contributed by atoms with E-state index in [1.54, 1.807) is 12.1 Å². The number of nitrogens with zero attached hydrogens (tertiary/aromatic N) is 3. The van der Waals surface area contributed by atoms with Crippen molar-refractivity contribution in [1.82, 2.24) is 20.4 Å². The van der Waals surface area contributed by atoms with Crippen molar-refractivity contribution in [1.29, 1.82) is 0 Å². The maximum absolute atomic E-state index is 12.7. The molecule has 2 aromatic carbocycles. The zero-order valence-corrected chi connectivity index (χ0v) is 15.9. The SMILES string of the molecule is CN1Cc2ccccc2C[C@H]1C(=O)NCc1noc(-c2ccc3c(c2)OCO3)n1. The van der Waals surface area contributed by atoms with Gasteiger partial charge in [0.2, 0.25) is 12.7 Å². The van der Waals surface area contributed by atoms with Crippen LogP contribution in [0.15, 0.2) is 47.0 Å². The Morgan fingerprint density at radius 1 is 1.17 bits per heavy atom. The van der Waals surface area contributed by atoms with Crippen LogP contribution in [-0.2, 0) is 24.3 Å². The number of aromatic nitrogens is 2. The van der Waals surface area contributed by atoms with Crippen LogP contribution in [0.1, 0.15) is 17.0 Å². The quantitative estimate of drug-likeness (QED) is 0.727. The standard InChI is InChI=1S/C21H20N4O4/c1-25-11-15-5-3-2-4-13(15)8-16(25)20(26)22-10-19-23-21(29-24-19)14-6-7-17-18(9-14)28-12-27-17/h2-7,9,16H,8,10-12H2,1H3,(H,22,26)/t16-/m0/s1. The van der Waals surface area contributed by atoms with Gasteiger partial charge < -0.3 is 19.3 Å². The third-order valence-corrected chi connectivity index (χ3v) is 5.29. The lowest BCUT2D eigenvalue weighted by atomic mass is 9.94. The second-order valence-corrected chi connectivity index (χ2v) is 7.21. The van der Waals surface area contributed by atoms with Crippen LogP contribution in [0.5, 0.6) is 11.5 Å². The average Bonchev–Trinajstić information content (AvgIpc) is 3.40. The van der Waals surface area contributed by atoms with Crippen LogP contribution < -0.4 is 14.8 Å². The molecule has 0 saturated heterocycles. The molecule has 0 unspecified atom stereocenters. The summed E-state index contributed by atoms with van der Waals surface area (Å²) in [6.45, 7) is 1.17. The molecule has 1 amide bonds. The van der Waals surface area contributed by atoms with Gasteiger partial charge in [-0.1, -0.05) is 29.4 Å². The second kappa shape index (κ2) is 7.21. The Kier molecular flexibility index (Phi) is 4.40. The highest BCUT2D eigenvalue weighted by molar-refractivity contribution is 5.82. The van der Waals surface area contributed by atoms with Crippen LogP contribution >= 0.6 is 0 Å². The average molecular weight is 392 g/mol. The smallest absolute Gasteiger partial charge is 0.258 e. The molecule has 8 nitrogen and oxygen atoms in total. The van der Waals surface area contributed by atoms with Crippen LogP contribution in [0, 0.1) is 0 Å². The third kappa shape index (κ3) is 3.42. The molecule has 148 valence electrons. The molecular formula is C21H20N4O4. The van der Waals surface area contributed by atoms with Gasteiger partial charge in [0.1, 0.15) is 0 Å². The fourth-order valence-corrected chi connectivity index (χ4v) is 3.70. The normalized spacial score (nSPS) is 17.8. The van der Waals surface area contributed by atoms with Gasteiger partial charge in [0.05, 0.1) is 12.6 Å². The van der Waals surface area contributed by atoms with Crippen LogP contribution in [0.25, 0.3) is 11.5 Å². The number of nitrogens with one attached hydrogen (secondary N) is 1. The van der Waals surface area contributed by atoms with Gasteiger partial charge in [0.15, 0.2) is 17.3 Å². The van der Waals surface area contributed by atoms with Gasteiger partial charge in [-0.25, -0.2) is 0 Å². The number of fused-ring (bicyclic) bond motifs is 2. The predicted octanol–water partition coefficient (Wildman–Crippen LogP) is 2.14. The number of amides is 1. The number of rotatable bonds is 4. The van der Waals surface area contributed by atoms with Crippen molar-refractivity contribution in [3.05, 3.63) is 59.4 Å². The van der Waals surface area contributed by atoms with Crippen LogP contribution in [-0.4, -0.2) is 40.8 Å². The lowest BCUT2D eigenvalue weighted by Crippen LogP contribution is -2.48. The summed E-state index contributed by atoms with van der Waals surface area (Å²) in [5, 5.41) is 6.90. The van der Waals surface area contributed by atoms with E-state index in [4.69, 9.17) is 14.0 Å². The number of benzene rings is 2. The molecule has 2 aliphatic rings. The van der Waals surface area contributed by atoms with Gasteiger partial charge >= 0.3 is 0 Å². The molecular weight excluding hydrogens is 372 g/mol. The number of ether oxygens (including phenoxy) is 2. The first-order valence-corrected chi connectivity index (χ1v) is 9.45. The molecule has 5 rings (SSSR count). The van der Waals surface area contributed by atoms with Gasteiger partial charge in [-0.15, -0.1) is 0 Å². The van der Waals surface area contributed by atoms with E-state index in [2.05, 4.69) is 32.5 Å². The number of hydrogen-bond acceptors (Lipinski definition) is 7. The highest BCUT2D eigenvalue weighted by atomic mass is 16.7. The summed E-state index contributed by atoms with van der Waals surface area (Å²) in [4.78, 5) is 19.2. The van der Waals surface area contributed by atoms with Gasteiger partial charge in [0.25, 0.3) is 5.89 Å². The van der Waals surface area contributed by atoms with Crippen molar-refractivity contribution in [2.24, 2.45) is 0 Å². The van der Waals surface area contributed by atoms with Gasteiger partial charge in [0, 0.05) is 12.1 Å². The zero-order chi connectivity index (χ0) is 19.8. The maximum Gasteiger partial charge on any atom is 0.258 e. The molecule has 2 aliphatic heterocycles. The second-order valence-electron chi connectivity index (χ2n) is 7.21. The first-order chi connectivity index (χ1) is 14.2. The molecule has 0 bridgehead atoms. The largest absolute Gasteiger partial charge is 0.454 e. The van der Waals surface area contributed by atoms with E-state index in [1.165, 1.54) is 11.1 Å². The monoisotopic (exact) mass is 392 g/mol. The summed E-state index contributed by atoms with van der Waals surface area (Å²) in [7, 11) is 1.96. The molecule has 1 aromatic heterocycles. The first-order valence-electron chi connectivity index (χ1n) is 9.45. The van der Waals surface area contributed by atoms with E-state index in [0.29, 0.717) is 29.6 Å². The zero-order valence-electron chi connectivity index (χ0n) is 15.9. The van der Waals surface area contributed by atoms with Gasteiger partial charge in [-0.3, -0.25) is 9.69 Å². The van der Waals surface area contributed by atoms with E-state index < -0.39 is 0 Å². The fourth-order valence-electron chi connectivity index (χ4n) is 3.70. The Balaban J connectivity index is 1.24. The van der Waals surface area contributed by atoms with Crippen LogP contribution in [0.3, 0.4) is 0 Å². The summed E-state index contributed by atoms with van der Waals surface area (Å²) >= 11 is 0. The Morgan fingerprint density at radius 3 is 2.90 bits per heavy atom. The summed E-state index contributed by atoms with van der Waals surface area (Å²) < 4.78 is 16.0. The molecule has 0 aliphatic carbocycles. The molecule has 1 atom stereocenters.